The standard InChI is InChI=1S/C23H25N7O3S/c1-14-7-5-6-8-16(14)25-20(31)12-19-26-27-22(30(19)4)34-13-21(32)24-15-9-10-17-18(11-15)29(3)23(33)28(17)2/h5-11H,12-13H2,1-4H3,(H,24,32)(H,25,31). The van der Waals surface area contributed by atoms with Crippen LogP contribution < -0.4 is 16.3 Å². The fraction of sp³-hybridized carbons (Fsp3) is 0.261. The van der Waals surface area contributed by atoms with Crippen molar-refractivity contribution in [1.82, 2.24) is 23.9 Å². The number of nitrogens with one attached hydrogen (secondary N) is 2. The summed E-state index contributed by atoms with van der Waals surface area (Å²) in [4.78, 5) is 37.0. The number of para-hydroxylation sites is 1. The van der Waals surface area contributed by atoms with Crippen molar-refractivity contribution in [3.63, 3.8) is 0 Å². The van der Waals surface area contributed by atoms with E-state index in [1.54, 1.807) is 48.5 Å². The molecule has 11 heteroatoms. The number of hydrogen-bond acceptors (Lipinski definition) is 6. The van der Waals surface area contributed by atoms with E-state index in [1.165, 1.54) is 16.3 Å². The molecule has 0 aliphatic rings. The smallest absolute Gasteiger partial charge is 0.325 e. The number of aromatic nitrogens is 5. The molecule has 0 saturated heterocycles. The van der Waals surface area contributed by atoms with Gasteiger partial charge in [0.25, 0.3) is 0 Å². The topological polar surface area (TPSA) is 116 Å². The van der Waals surface area contributed by atoms with Gasteiger partial charge < -0.3 is 15.2 Å². The van der Waals surface area contributed by atoms with Gasteiger partial charge in [0, 0.05) is 32.5 Å². The third-order valence-corrected chi connectivity index (χ3v) is 6.57. The van der Waals surface area contributed by atoms with Crippen molar-refractivity contribution in [2.24, 2.45) is 21.1 Å². The Kier molecular flexibility index (Phi) is 6.55. The molecule has 10 nitrogen and oxygen atoms in total. The number of hydrogen-bond donors (Lipinski definition) is 2. The predicted octanol–water partition coefficient (Wildman–Crippen LogP) is 2.23. The molecule has 2 N–H and O–H groups in total. The van der Waals surface area contributed by atoms with Crippen LogP contribution in [0.2, 0.25) is 0 Å². The zero-order valence-corrected chi connectivity index (χ0v) is 20.1. The average molecular weight is 480 g/mol. The van der Waals surface area contributed by atoms with Crippen LogP contribution in [0.25, 0.3) is 11.0 Å². The summed E-state index contributed by atoms with van der Waals surface area (Å²) < 4.78 is 4.81. The van der Waals surface area contributed by atoms with E-state index >= 15 is 0 Å². The van der Waals surface area contributed by atoms with Crippen LogP contribution in [-0.2, 0) is 37.2 Å². The lowest BCUT2D eigenvalue weighted by Crippen LogP contribution is -2.19. The summed E-state index contributed by atoms with van der Waals surface area (Å²) >= 11 is 1.23. The third kappa shape index (κ3) is 4.74. The van der Waals surface area contributed by atoms with Crippen molar-refractivity contribution in [3.8, 4) is 0 Å². The predicted molar refractivity (Wildman–Crippen MR) is 132 cm³/mol. The number of imidazole rings is 1. The van der Waals surface area contributed by atoms with Gasteiger partial charge in [-0.3, -0.25) is 18.7 Å². The minimum absolute atomic E-state index is 0.0698. The van der Waals surface area contributed by atoms with Crippen LogP contribution in [0.15, 0.2) is 52.4 Å². The van der Waals surface area contributed by atoms with Gasteiger partial charge >= 0.3 is 5.69 Å². The SMILES string of the molecule is Cc1ccccc1NC(=O)Cc1nnc(SCC(=O)Nc2ccc3c(c2)n(C)c(=O)n3C)n1C. The molecule has 0 spiro atoms. The number of aryl methyl sites for hydroxylation is 3. The van der Waals surface area contributed by atoms with Gasteiger partial charge in [-0.05, 0) is 36.8 Å². The number of anilines is 2. The van der Waals surface area contributed by atoms with E-state index in [1.807, 2.05) is 31.2 Å². The molecule has 4 rings (SSSR count). The summed E-state index contributed by atoms with van der Waals surface area (Å²) in [5.41, 5.74) is 3.74. The second-order valence-corrected chi connectivity index (χ2v) is 8.88. The van der Waals surface area contributed by atoms with Crippen LogP contribution in [0.5, 0.6) is 0 Å². The van der Waals surface area contributed by atoms with Gasteiger partial charge in [0.1, 0.15) is 5.82 Å². The zero-order chi connectivity index (χ0) is 24.4. The molecule has 0 saturated carbocycles. The first-order chi connectivity index (χ1) is 16.2. The Bertz CT molecular complexity index is 1450. The molecular formula is C23H25N7O3S. The highest BCUT2D eigenvalue weighted by Gasteiger charge is 2.16. The minimum Gasteiger partial charge on any atom is -0.325 e. The van der Waals surface area contributed by atoms with Crippen molar-refractivity contribution < 1.29 is 9.59 Å². The third-order valence-electron chi connectivity index (χ3n) is 5.55. The van der Waals surface area contributed by atoms with Crippen molar-refractivity contribution in [1.29, 1.82) is 0 Å². The molecular weight excluding hydrogens is 454 g/mol. The zero-order valence-electron chi connectivity index (χ0n) is 19.3. The molecule has 0 unspecified atom stereocenters. The summed E-state index contributed by atoms with van der Waals surface area (Å²) in [6, 6.07) is 12.9. The highest BCUT2D eigenvalue weighted by molar-refractivity contribution is 7.99. The Hall–Kier alpha value is -3.86. The quantitative estimate of drug-likeness (QED) is 0.393. The molecule has 0 aliphatic heterocycles. The van der Waals surface area contributed by atoms with E-state index in [2.05, 4.69) is 20.8 Å². The lowest BCUT2D eigenvalue weighted by Gasteiger charge is -2.08. The van der Waals surface area contributed by atoms with Crippen LogP contribution in [0, 0.1) is 6.92 Å². The first-order valence-electron chi connectivity index (χ1n) is 10.6. The van der Waals surface area contributed by atoms with Gasteiger partial charge in [-0.2, -0.15) is 0 Å². The Morgan fingerprint density at radius 1 is 0.912 bits per heavy atom. The highest BCUT2D eigenvalue weighted by Crippen LogP contribution is 2.20. The number of thioether (sulfide) groups is 1. The molecule has 0 radical (unpaired) electrons. The van der Waals surface area contributed by atoms with Gasteiger partial charge in [-0.15, -0.1) is 10.2 Å². The molecule has 0 atom stereocenters. The van der Waals surface area contributed by atoms with Gasteiger partial charge in [0.05, 0.1) is 23.2 Å². The van der Waals surface area contributed by atoms with Crippen molar-refractivity contribution in [3.05, 3.63) is 64.3 Å². The van der Waals surface area contributed by atoms with Crippen molar-refractivity contribution in [2.45, 2.75) is 18.5 Å². The van der Waals surface area contributed by atoms with Gasteiger partial charge in [0.2, 0.25) is 11.8 Å². The van der Waals surface area contributed by atoms with E-state index in [4.69, 9.17) is 0 Å². The molecule has 4 aromatic rings. The molecule has 2 aromatic carbocycles. The summed E-state index contributed by atoms with van der Waals surface area (Å²) in [6.07, 6.45) is 0.0698. The summed E-state index contributed by atoms with van der Waals surface area (Å²) in [5, 5.41) is 14.5. The molecule has 2 heterocycles. The summed E-state index contributed by atoms with van der Waals surface area (Å²) in [7, 11) is 5.17. The van der Waals surface area contributed by atoms with Crippen LogP contribution >= 0.6 is 11.8 Å². The Labute approximate surface area is 200 Å². The number of amides is 2. The Morgan fingerprint density at radius 2 is 1.65 bits per heavy atom. The molecule has 0 fully saturated rings. The number of nitrogens with zero attached hydrogens (tertiary/aromatic N) is 5. The maximum atomic E-state index is 12.5. The number of rotatable bonds is 7. The Morgan fingerprint density at radius 3 is 2.41 bits per heavy atom. The average Bonchev–Trinajstić information content (AvgIpc) is 3.26. The largest absolute Gasteiger partial charge is 0.328 e. The highest BCUT2D eigenvalue weighted by atomic mass is 32.2. The van der Waals surface area contributed by atoms with Crippen LogP contribution in [0.1, 0.15) is 11.4 Å². The monoisotopic (exact) mass is 479 g/mol. The molecule has 2 amide bonds. The van der Waals surface area contributed by atoms with Gasteiger partial charge in [-0.1, -0.05) is 30.0 Å². The fourth-order valence-electron chi connectivity index (χ4n) is 3.59. The van der Waals surface area contributed by atoms with E-state index in [0.717, 1.165) is 22.3 Å². The summed E-state index contributed by atoms with van der Waals surface area (Å²) in [5.74, 6) is 0.217. The number of carbonyl (C=O) groups is 2. The summed E-state index contributed by atoms with van der Waals surface area (Å²) in [6.45, 7) is 1.93. The molecule has 2 aromatic heterocycles. The number of fused-ring (bicyclic) bond motifs is 1. The van der Waals surface area contributed by atoms with E-state index in [9.17, 15) is 14.4 Å². The number of carbonyl (C=O) groups excluding carboxylic acids is 2. The molecule has 0 bridgehead atoms. The molecule has 34 heavy (non-hydrogen) atoms. The normalized spacial score (nSPS) is 11.1. The lowest BCUT2D eigenvalue weighted by atomic mass is 10.2. The molecule has 176 valence electrons. The van der Waals surface area contributed by atoms with Crippen molar-refractivity contribution >= 4 is 46.0 Å². The second kappa shape index (κ2) is 9.56. The fourth-order valence-corrected chi connectivity index (χ4v) is 4.32. The van der Waals surface area contributed by atoms with Crippen LogP contribution in [0.3, 0.4) is 0 Å². The first-order valence-corrected chi connectivity index (χ1v) is 11.5. The number of benzene rings is 2. The van der Waals surface area contributed by atoms with E-state index in [-0.39, 0.29) is 29.7 Å². The van der Waals surface area contributed by atoms with Gasteiger partial charge in [0.15, 0.2) is 5.16 Å². The van der Waals surface area contributed by atoms with E-state index < -0.39 is 0 Å². The van der Waals surface area contributed by atoms with Crippen LogP contribution in [0.4, 0.5) is 11.4 Å². The van der Waals surface area contributed by atoms with Gasteiger partial charge in [-0.25, -0.2) is 4.79 Å². The Balaban J connectivity index is 1.35. The first kappa shape index (κ1) is 23.3. The molecule has 0 aliphatic carbocycles. The van der Waals surface area contributed by atoms with Crippen molar-refractivity contribution in [2.75, 3.05) is 16.4 Å². The second-order valence-electron chi connectivity index (χ2n) is 7.94. The van der Waals surface area contributed by atoms with E-state index in [0.29, 0.717) is 16.7 Å². The minimum atomic E-state index is -0.216. The lowest BCUT2D eigenvalue weighted by molar-refractivity contribution is -0.116. The maximum Gasteiger partial charge on any atom is 0.328 e. The van der Waals surface area contributed by atoms with Crippen LogP contribution in [-0.4, -0.2) is 41.5 Å². The maximum absolute atomic E-state index is 12.5.